The molecular formula is C11H19N3O. The lowest BCUT2D eigenvalue weighted by Gasteiger charge is -2.25. The van der Waals surface area contributed by atoms with Gasteiger partial charge in [-0.1, -0.05) is 12.7 Å². The summed E-state index contributed by atoms with van der Waals surface area (Å²) in [6.45, 7) is 11.4. The average molecular weight is 209 g/mol. The maximum Gasteiger partial charge on any atom is 0.202 e. The highest BCUT2D eigenvalue weighted by Crippen LogP contribution is 2.06. The van der Waals surface area contributed by atoms with Gasteiger partial charge in [0.1, 0.15) is 0 Å². The van der Waals surface area contributed by atoms with Crippen molar-refractivity contribution >= 4 is 5.84 Å². The highest BCUT2D eigenvalue weighted by atomic mass is 16.5. The number of nitrogens with one attached hydrogen (secondary N) is 1. The fourth-order valence-corrected chi connectivity index (χ4v) is 0.944. The predicted molar refractivity (Wildman–Crippen MR) is 64.1 cm³/mol. The lowest BCUT2D eigenvalue weighted by Crippen LogP contribution is -2.40. The van der Waals surface area contributed by atoms with Crippen LogP contribution in [0.4, 0.5) is 0 Å². The predicted octanol–water partition coefficient (Wildman–Crippen LogP) is 2.05. The molecule has 0 amide bonds. The first-order chi connectivity index (χ1) is 7.08. The first kappa shape index (κ1) is 13.4. The normalized spacial score (nSPS) is 11.6. The van der Waals surface area contributed by atoms with Crippen molar-refractivity contribution in [3.63, 3.8) is 0 Å². The molecule has 84 valence electrons. The lowest BCUT2D eigenvalue weighted by molar-refractivity contribution is 0.180. The van der Waals surface area contributed by atoms with Gasteiger partial charge in [-0.05, 0) is 26.0 Å². The Bertz CT molecular complexity index is 292. The van der Waals surface area contributed by atoms with E-state index in [1.165, 1.54) is 0 Å². The minimum atomic E-state index is 0.462. The van der Waals surface area contributed by atoms with Crippen LogP contribution in [0.2, 0.25) is 0 Å². The van der Waals surface area contributed by atoms with Crippen molar-refractivity contribution in [2.24, 2.45) is 4.99 Å². The first-order valence-corrected chi connectivity index (χ1v) is 4.63. The molecule has 0 rings (SSSR count). The molecule has 0 radical (unpaired) electrons. The molecule has 0 aromatic heterocycles. The quantitative estimate of drug-likeness (QED) is 0.326. The van der Waals surface area contributed by atoms with Crippen molar-refractivity contribution in [2.45, 2.75) is 13.8 Å². The van der Waals surface area contributed by atoms with E-state index in [1.807, 2.05) is 19.9 Å². The van der Waals surface area contributed by atoms with Gasteiger partial charge in [-0.2, -0.15) is 0 Å². The third-order valence-electron chi connectivity index (χ3n) is 1.65. The van der Waals surface area contributed by atoms with Gasteiger partial charge >= 0.3 is 0 Å². The van der Waals surface area contributed by atoms with Gasteiger partial charge in [0.2, 0.25) is 5.88 Å². The topological polar surface area (TPSA) is 36.9 Å². The van der Waals surface area contributed by atoms with E-state index in [-0.39, 0.29) is 0 Å². The van der Waals surface area contributed by atoms with Crippen molar-refractivity contribution in [3.8, 4) is 0 Å². The zero-order chi connectivity index (χ0) is 11.8. The minimum absolute atomic E-state index is 0.462. The monoisotopic (exact) mass is 209 g/mol. The van der Waals surface area contributed by atoms with E-state index in [4.69, 9.17) is 4.74 Å². The number of hydrogen-bond donors (Lipinski definition) is 1. The van der Waals surface area contributed by atoms with Crippen molar-refractivity contribution in [1.29, 1.82) is 0 Å². The van der Waals surface area contributed by atoms with E-state index in [1.54, 1.807) is 25.4 Å². The summed E-state index contributed by atoms with van der Waals surface area (Å²) < 4.78 is 5.04. The Morgan fingerprint density at radius 3 is 2.40 bits per heavy atom. The van der Waals surface area contributed by atoms with Gasteiger partial charge in [0, 0.05) is 13.2 Å². The minimum Gasteiger partial charge on any atom is -0.482 e. The van der Waals surface area contributed by atoms with Crippen LogP contribution in [-0.4, -0.2) is 25.0 Å². The summed E-state index contributed by atoms with van der Waals surface area (Å²) in [7, 11) is 3.32. The summed E-state index contributed by atoms with van der Waals surface area (Å²) in [5.41, 5.74) is 3.75. The van der Waals surface area contributed by atoms with Crippen LogP contribution in [0.5, 0.6) is 0 Å². The maximum absolute atomic E-state index is 5.04. The molecule has 0 aromatic carbocycles. The Morgan fingerprint density at radius 2 is 2.07 bits per heavy atom. The number of hydrazine groups is 1. The molecular weight excluding hydrogens is 190 g/mol. The summed E-state index contributed by atoms with van der Waals surface area (Å²) in [6, 6.07) is 0. The third-order valence-corrected chi connectivity index (χ3v) is 1.65. The Balaban J connectivity index is 5.03. The molecule has 0 heterocycles. The van der Waals surface area contributed by atoms with Gasteiger partial charge in [0.05, 0.1) is 7.11 Å². The van der Waals surface area contributed by atoms with E-state index in [0.717, 1.165) is 5.57 Å². The Kier molecular flexibility index (Phi) is 6.13. The standard InChI is InChI=1S/C11H19N3O/c1-7-8-13-11(9(2)3)14(12-5)10(4)15-6/h7-8,12H,2,4H2,1,3,5-6H3. The maximum atomic E-state index is 5.04. The van der Waals surface area contributed by atoms with E-state index in [2.05, 4.69) is 23.6 Å². The number of ether oxygens (including phenoxy) is 1. The van der Waals surface area contributed by atoms with Crippen molar-refractivity contribution in [2.75, 3.05) is 14.2 Å². The summed E-state index contributed by atoms with van der Waals surface area (Å²) >= 11 is 0. The van der Waals surface area contributed by atoms with Crippen LogP contribution < -0.4 is 5.43 Å². The van der Waals surface area contributed by atoms with Gasteiger partial charge in [-0.3, -0.25) is 0 Å². The van der Waals surface area contributed by atoms with Crippen LogP contribution in [0.15, 0.2) is 41.9 Å². The molecule has 4 heteroatoms. The number of hydrogen-bond acceptors (Lipinski definition) is 3. The molecule has 0 atom stereocenters. The molecule has 0 aliphatic heterocycles. The Labute approximate surface area is 91.6 Å². The number of methoxy groups -OCH3 is 1. The summed E-state index contributed by atoms with van der Waals surface area (Å²) in [4.78, 5) is 4.24. The van der Waals surface area contributed by atoms with Crippen LogP contribution in [0, 0.1) is 0 Å². The number of aliphatic imine (C=N–C) groups is 1. The molecule has 0 aliphatic rings. The summed E-state index contributed by atoms with van der Waals surface area (Å²) in [5, 5.41) is 1.63. The van der Waals surface area contributed by atoms with Crippen molar-refractivity contribution < 1.29 is 4.74 Å². The molecule has 0 saturated carbocycles. The second-order valence-corrected chi connectivity index (χ2v) is 2.87. The molecule has 0 spiro atoms. The van der Waals surface area contributed by atoms with Crippen LogP contribution >= 0.6 is 0 Å². The zero-order valence-corrected chi connectivity index (χ0v) is 9.87. The zero-order valence-electron chi connectivity index (χ0n) is 9.87. The van der Waals surface area contributed by atoms with Gasteiger partial charge in [-0.25, -0.2) is 15.4 Å². The number of allylic oxidation sites excluding steroid dienone is 1. The average Bonchev–Trinajstić information content (AvgIpc) is 2.22. The first-order valence-electron chi connectivity index (χ1n) is 4.63. The lowest BCUT2D eigenvalue weighted by atomic mass is 10.3. The fourth-order valence-electron chi connectivity index (χ4n) is 0.944. The second-order valence-electron chi connectivity index (χ2n) is 2.87. The molecule has 0 unspecified atom stereocenters. The summed E-state index contributed by atoms with van der Waals surface area (Å²) in [6.07, 6.45) is 3.53. The van der Waals surface area contributed by atoms with Crippen LogP contribution in [-0.2, 0) is 4.74 Å². The Morgan fingerprint density at radius 1 is 1.47 bits per heavy atom. The van der Waals surface area contributed by atoms with Crippen LogP contribution in [0.1, 0.15) is 13.8 Å². The van der Waals surface area contributed by atoms with Crippen LogP contribution in [0.3, 0.4) is 0 Å². The molecule has 4 nitrogen and oxygen atoms in total. The molecule has 0 saturated heterocycles. The van der Waals surface area contributed by atoms with E-state index >= 15 is 0 Å². The third kappa shape index (κ3) is 3.99. The Hall–Kier alpha value is -1.55. The number of amidine groups is 1. The molecule has 0 aromatic rings. The van der Waals surface area contributed by atoms with Crippen molar-refractivity contribution in [1.82, 2.24) is 10.4 Å². The van der Waals surface area contributed by atoms with E-state index in [9.17, 15) is 0 Å². The molecule has 0 fully saturated rings. The highest BCUT2D eigenvalue weighted by Gasteiger charge is 2.13. The van der Waals surface area contributed by atoms with Gasteiger partial charge < -0.3 is 4.74 Å². The number of rotatable bonds is 5. The highest BCUT2D eigenvalue weighted by molar-refractivity contribution is 5.98. The molecule has 0 aliphatic carbocycles. The number of nitrogens with zero attached hydrogens (tertiary/aromatic N) is 2. The van der Waals surface area contributed by atoms with E-state index < -0.39 is 0 Å². The summed E-state index contributed by atoms with van der Waals surface area (Å²) in [5.74, 6) is 1.13. The van der Waals surface area contributed by atoms with Crippen LogP contribution in [0.25, 0.3) is 0 Å². The molecule has 0 bridgehead atoms. The smallest absolute Gasteiger partial charge is 0.202 e. The SMILES string of the molecule is C=C(C)C(=NC=CC)N(NC)C(=C)OC. The van der Waals surface area contributed by atoms with Gasteiger partial charge in [0.15, 0.2) is 5.84 Å². The molecule has 15 heavy (non-hydrogen) atoms. The van der Waals surface area contributed by atoms with E-state index in [0.29, 0.717) is 11.7 Å². The van der Waals surface area contributed by atoms with Crippen molar-refractivity contribution in [3.05, 3.63) is 36.9 Å². The fraction of sp³-hybridized carbons (Fsp3) is 0.364. The molecule has 1 N–H and O–H groups in total. The second kappa shape index (κ2) is 6.84. The largest absolute Gasteiger partial charge is 0.482 e. The van der Waals surface area contributed by atoms with Gasteiger partial charge in [0.25, 0.3) is 0 Å². The van der Waals surface area contributed by atoms with Gasteiger partial charge in [-0.15, -0.1) is 0 Å².